The molecule has 1 rings (SSSR count). The molecule has 1 aromatic carbocycles. The third-order valence-corrected chi connectivity index (χ3v) is 3.19. The number of nitriles is 1. The van der Waals surface area contributed by atoms with E-state index in [9.17, 15) is 4.79 Å². The third-order valence-electron chi connectivity index (χ3n) is 3.19. The molecule has 1 aromatic rings. The van der Waals surface area contributed by atoms with Crippen LogP contribution in [-0.4, -0.2) is 37.4 Å². The van der Waals surface area contributed by atoms with E-state index in [1.165, 1.54) is 0 Å². The highest BCUT2D eigenvalue weighted by molar-refractivity contribution is 6.00. The maximum Gasteiger partial charge on any atom is 0.180 e. The number of rotatable bonds is 6. The van der Waals surface area contributed by atoms with Crippen LogP contribution in [0.2, 0.25) is 0 Å². The first kappa shape index (κ1) is 15.2. The molecule has 0 heterocycles. The second kappa shape index (κ2) is 6.91. The summed E-state index contributed by atoms with van der Waals surface area (Å²) >= 11 is 0. The summed E-state index contributed by atoms with van der Waals surface area (Å²) < 4.78 is 5.25. The van der Waals surface area contributed by atoms with Crippen molar-refractivity contribution in [3.05, 3.63) is 29.3 Å². The van der Waals surface area contributed by atoms with Crippen molar-refractivity contribution in [3.8, 4) is 11.8 Å². The zero-order valence-corrected chi connectivity index (χ0v) is 11.9. The lowest BCUT2D eigenvalue weighted by Crippen LogP contribution is -2.33. The number of ether oxygens (including phenoxy) is 1. The lowest BCUT2D eigenvalue weighted by atomic mass is 10.1. The Balaban J connectivity index is 2.81. The number of hydrogen-bond acceptors (Lipinski definition) is 4. The lowest BCUT2D eigenvalue weighted by molar-refractivity contribution is 0.0923. The Hall–Kier alpha value is -1.86. The number of carbonyl (C=O) groups excluding carboxylic acids is 1. The number of carbonyl (C=O) groups is 1. The zero-order valence-electron chi connectivity index (χ0n) is 11.9. The molecule has 0 bridgehead atoms. The summed E-state index contributed by atoms with van der Waals surface area (Å²) in [5, 5.41) is 8.67. The predicted molar refractivity (Wildman–Crippen MR) is 74.4 cm³/mol. The minimum Gasteiger partial charge on any atom is -0.496 e. The smallest absolute Gasteiger partial charge is 0.180 e. The summed E-state index contributed by atoms with van der Waals surface area (Å²) in [4.78, 5) is 14.1. The second-order valence-electron chi connectivity index (χ2n) is 4.75. The molecular formula is C15H20N2O2. The molecule has 0 aliphatic heterocycles. The number of Topliss-reactive ketones (excluding diaryl/α,β-unsaturated/α-hetero) is 1. The van der Waals surface area contributed by atoms with Crippen molar-refractivity contribution in [2.45, 2.75) is 26.3 Å². The van der Waals surface area contributed by atoms with Crippen LogP contribution in [0.3, 0.4) is 0 Å². The molecule has 102 valence electrons. The Bertz CT molecular complexity index is 491. The van der Waals surface area contributed by atoms with E-state index < -0.39 is 0 Å². The highest BCUT2D eigenvalue weighted by Gasteiger charge is 2.17. The number of methoxy groups -OCH3 is 1. The Labute approximate surface area is 114 Å². The third kappa shape index (κ3) is 4.08. The van der Waals surface area contributed by atoms with E-state index in [4.69, 9.17) is 10.00 Å². The fraction of sp³-hybridized carbons (Fsp3) is 0.467. The Morgan fingerprint density at radius 2 is 2.21 bits per heavy atom. The first-order valence-electron chi connectivity index (χ1n) is 6.24. The van der Waals surface area contributed by atoms with Gasteiger partial charge in [0.05, 0.1) is 31.7 Å². The molecule has 19 heavy (non-hydrogen) atoms. The molecule has 0 saturated carbocycles. The van der Waals surface area contributed by atoms with Crippen LogP contribution >= 0.6 is 0 Å². The van der Waals surface area contributed by atoms with Crippen molar-refractivity contribution in [2.24, 2.45) is 0 Å². The molecule has 4 nitrogen and oxygen atoms in total. The maximum atomic E-state index is 12.3. The first-order chi connectivity index (χ1) is 8.99. The summed E-state index contributed by atoms with van der Waals surface area (Å²) in [5.74, 6) is 0.607. The number of likely N-dealkylation sites (N-methyl/N-ethyl adjacent to an activating group) is 1. The quantitative estimate of drug-likeness (QED) is 0.737. The van der Waals surface area contributed by atoms with Gasteiger partial charge >= 0.3 is 0 Å². The molecule has 0 spiro atoms. The SMILES string of the molecule is COc1cc(C)ccc1C(=O)CN(C)C(C)CC#N. The highest BCUT2D eigenvalue weighted by Crippen LogP contribution is 2.20. The maximum absolute atomic E-state index is 12.3. The van der Waals surface area contributed by atoms with E-state index >= 15 is 0 Å². The van der Waals surface area contributed by atoms with Crippen LogP contribution in [0.15, 0.2) is 18.2 Å². The van der Waals surface area contributed by atoms with Crippen molar-refractivity contribution in [3.63, 3.8) is 0 Å². The summed E-state index contributed by atoms with van der Waals surface area (Å²) in [6.45, 7) is 4.17. The molecule has 0 radical (unpaired) electrons. The topological polar surface area (TPSA) is 53.3 Å². The van der Waals surface area contributed by atoms with Crippen LogP contribution in [0.5, 0.6) is 5.75 Å². The largest absolute Gasteiger partial charge is 0.496 e. The lowest BCUT2D eigenvalue weighted by Gasteiger charge is -2.22. The minimum atomic E-state index is 0.00383. The van der Waals surface area contributed by atoms with Crippen LogP contribution < -0.4 is 4.74 Å². The van der Waals surface area contributed by atoms with Crippen LogP contribution in [-0.2, 0) is 0 Å². The van der Waals surface area contributed by atoms with Gasteiger partial charge in [0.15, 0.2) is 5.78 Å². The van der Waals surface area contributed by atoms with E-state index in [2.05, 4.69) is 6.07 Å². The van der Waals surface area contributed by atoms with E-state index in [1.54, 1.807) is 13.2 Å². The molecular weight excluding hydrogens is 240 g/mol. The van der Waals surface area contributed by atoms with Gasteiger partial charge < -0.3 is 4.74 Å². The van der Waals surface area contributed by atoms with Crippen LogP contribution in [0.25, 0.3) is 0 Å². The minimum absolute atomic E-state index is 0.00383. The molecule has 0 amide bonds. The van der Waals surface area contributed by atoms with Crippen molar-refractivity contribution in [2.75, 3.05) is 20.7 Å². The van der Waals surface area contributed by atoms with Crippen LogP contribution in [0.4, 0.5) is 0 Å². The average molecular weight is 260 g/mol. The highest BCUT2D eigenvalue weighted by atomic mass is 16.5. The monoisotopic (exact) mass is 260 g/mol. The number of nitrogens with zero attached hydrogens (tertiary/aromatic N) is 2. The van der Waals surface area contributed by atoms with Gasteiger partial charge in [0, 0.05) is 6.04 Å². The summed E-state index contributed by atoms with van der Waals surface area (Å²) in [7, 11) is 3.41. The fourth-order valence-corrected chi connectivity index (χ4v) is 1.78. The second-order valence-corrected chi connectivity index (χ2v) is 4.75. The predicted octanol–water partition coefficient (Wildman–Crippen LogP) is 2.42. The van der Waals surface area contributed by atoms with Crippen molar-refractivity contribution >= 4 is 5.78 Å². The molecule has 0 saturated heterocycles. The van der Waals surface area contributed by atoms with E-state index in [0.717, 1.165) is 5.56 Å². The fourth-order valence-electron chi connectivity index (χ4n) is 1.78. The standard InChI is InChI=1S/C15H20N2O2/c1-11-5-6-13(15(9-11)19-4)14(18)10-17(3)12(2)7-8-16/h5-6,9,12H,7,10H2,1-4H3. The van der Waals surface area contributed by atoms with Gasteiger partial charge in [-0.1, -0.05) is 6.07 Å². The van der Waals surface area contributed by atoms with Gasteiger partial charge in [0.25, 0.3) is 0 Å². The van der Waals surface area contributed by atoms with Gasteiger partial charge in [-0.2, -0.15) is 5.26 Å². The van der Waals surface area contributed by atoms with Gasteiger partial charge in [-0.3, -0.25) is 9.69 Å². The molecule has 4 heteroatoms. The van der Waals surface area contributed by atoms with Gasteiger partial charge in [-0.15, -0.1) is 0 Å². The Morgan fingerprint density at radius 3 is 2.79 bits per heavy atom. The van der Waals surface area contributed by atoms with Crippen LogP contribution in [0, 0.1) is 18.3 Å². The summed E-state index contributed by atoms with van der Waals surface area (Å²) in [6.07, 6.45) is 0.412. The molecule has 0 aliphatic rings. The Morgan fingerprint density at radius 1 is 1.53 bits per heavy atom. The first-order valence-corrected chi connectivity index (χ1v) is 6.24. The molecule has 1 atom stereocenters. The van der Waals surface area contributed by atoms with E-state index in [-0.39, 0.29) is 18.4 Å². The number of benzene rings is 1. The number of aryl methyl sites for hydroxylation is 1. The van der Waals surface area contributed by atoms with Crippen molar-refractivity contribution in [1.82, 2.24) is 4.90 Å². The zero-order chi connectivity index (χ0) is 14.4. The summed E-state index contributed by atoms with van der Waals surface area (Å²) in [5.41, 5.74) is 1.64. The molecule has 0 fully saturated rings. The molecule has 0 N–H and O–H groups in total. The molecule has 0 aromatic heterocycles. The van der Waals surface area contributed by atoms with Crippen LogP contribution in [0.1, 0.15) is 29.3 Å². The van der Waals surface area contributed by atoms with Crippen molar-refractivity contribution in [1.29, 1.82) is 5.26 Å². The van der Waals surface area contributed by atoms with E-state index in [0.29, 0.717) is 17.7 Å². The molecule has 1 unspecified atom stereocenters. The average Bonchev–Trinajstić information content (AvgIpc) is 2.38. The summed E-state index contributed by atoms with van der Waals surface area (Å²) in [6, 6.07) is 7.72. The van der Waals surface area contributed by atoms with E-state index in [1.807, 2.05) is 37.9 Å². The normalized spacial score (nSPS) is 12.0. The number of hydrogen-bond donors (Lipinski definition) is 0. The molecule has 0 aliphatic carbocycles. The van der Waals surface area contributed by atoms with Gasteiger partial charge in [0.1, 0.15) is 5.75 Å². The van der Waals surface area contributed by atoms with Gasteiger partial charge in [-0.25, -0.2) is 0 Å². The van der Waals surface area contributed by atoms with Gasteiger partial charge in [-0.05, 0) is 38.6 Å². The Kier molecular flexibility index (Phi) is 5.53. The van der Waals surface area contributed by atoms with Gasteiger partial charge in [0.2, 0.25) is 0 Å². The van der Waals surface area contributed by atoms with Crippen molar-refractivity contribution < 1.29 is 9.53 Å². The number of ketones is 1.